The first-order chi connectivity index (χ1) is 8.70. The second-order valence-corrected chi connectivity index (χ2v) is 4.31. The molecular weight excluding hydrogens is 232 g/mol. The van der Waals surface area contributed by atoms with E-state index < -0.39 is 0 Å². The summed E-state index contributed by atoms with van der Waals surface area (Å²) >= 11 is 0. The molecule has 3 rings (SSSR count). The molecule has 0 atom stereocenters. The minimum atomic E-state index is -0.0416. The zero-order valence-electron chi connectivity index (χ0n) is 10.0. The smallest absolute Gasteiger partial charge is 0.240 e. The van der Waals surface area contributed by atoms with E-state index in [9.17, 15) is 4.91 Å². The number of hydrogen-bond donors (Lipinski definition) is 1. The highest BCUT2D eigenvalue weighted by Crippen LogP contribution is 2.33. The zero-order chi connectivity index (χ0) is 12.7. The number of aromatic amines is 1. The maximum Gasteiger partial charge on any atom is 0.240 e. The monoisotopic (exact) mass is 244 g/mol. The van der Waals surface area contributed by atoms with Crippen molar-refractivity contribution >= 4 is 22.4 Å². The van der Waals surface area contributed by atoms with Gasteiger partial charge < -0.3 is 4.74 Å². The van der Waals surface area contributed by atoms with Gasteiger partial charge in [-0.05, 0) is 31.2 Å². The molecule has 92 valence electrons. The van der Waals surface area contributed by atoms with Gasteiger partial charge in [-0.15, -0.1) is 4.91 Å². The Kier molecular flexibility index (Phi) is 2.29. The van der Waals surface area contributed by atoms with E-state index >= 15 is 0 Å². The normalized spacial score (nSPS) is 11.5. The number of imidazole rings is 1. The Morgan fingerprint density at radius 3 is 2.89 bits per heavy atom. The first kappa shape index (κ1) is 10.8. The summed E-state index contributed by atoms with van der Waals surface area (Å²) in [4.78, 5) is 15.3. The molecule has 1 N–H and O–H groups in total. The number of ether oxygens (including phenoxy) is 1. The Bertz CT molecular complexity index is 726. The second kappa shape index (κ2) is 3.83. The van der Waals surface area contributed by atoms with Gasteiger partial charge in [-0.25, -0.2) is 9.50 Å². The Morgan fingerprint density at radius 2 is 2.17 bits per heavy atom. The molecule has 0 saturated heterocycles. The van der Waals surface area contributed by atoms with E-state index in [2.05, 4.69) is 15.3 Å². The molecule has 0 bridgehead atoms. The molecule has 2 aromatic heterocycles. The van der Waals surface area contributed by atoms with Crippen LogP contribution in [0, 0.1) is 4.91 Å². The number of para-hydroxylation sites is 2. The number of H-pyrrole nitrogens is 1. The molecule has 6 heteroatoms. The molecule has 2 heterocycles. The van der Waals surface area contributed by atoms with Crippen molar-refractivity contribution in [3.63, 3.8) is 0 Å². The molecule has 0 aliphatic rings. The Labute approximate surface area is 103 Å². The summed E-state index contributed by atoms with van der Waals surface area (Å²) < 4.78 is 7.23. The third-order valence-corrected chi connectivity index (χ3v) is 2.65. The summed E-state index contributed by atoms with van der Waals surface area (Å²) in [5.74, 6) is 0.355. The van der Waals surface area contributed by atoms with Gasteiger partial charge in [-0.2, -0.15) is 0 Å². The fourth-order valence-corrected chi connectivity index (χ4v) is 1.95. The summed E-state index contributed by atoms with van der Waals surface area (Å²) in [6, 6.07) is 7.61. The van der Waals surface area contributed by atoms with Gasteiger partial charge in [0.25, 0.3) is 0 Å². The molecule has 6 nitrogen and oxygen atoms in total. The van der Waals surface area contributed by atoms with Gasteiger partial charge in [0.05, 0.1) is 17.1 Å². The average Bonchev–Trinajstić information content (AvgIpc) is 2.83. The zero-order valence-corrected chi connectivity index (χ0v) is 10.0. The first-order valence-electron chi connectivity index (χ1n) is 5.70. The van der Waals surface area contributed by atoms with Gasteiger partial charge in [0.1, 0.15) is 0 Å². The Balaban J connectivity index is 2.31. The molecule has 0 unspecified atom stereocenters. The number of rotatable bonds is 3. The summed E-state index contributed by atoms with van der Waals surface area (Å²) in [7, 11) is 0. The van der Waals surface area contributed by atoms with Crippen LogP contribution in [0.4, 0.5) is 5.69 Å². The van der Waals surface area contributed by atoms with Crippen molar-refractivity contribution < 1.29 is 4.74 Å². The van der Waals surface area contributed by atoms with Gasteiger partial charge >= 0.3 is 0 Å². The van der Waals surface area contributed by atoms with Gasteiger partial charge in [0.15, 0.2) is 5.65 Å². The molecular formula is C12H12N4O2. The predicted octanol–water partition coefficient (Wildman–Crippen LogP) is 3.00. The third-order valence-electron chi connectivity index (χ3n) is 2.65. The number of nitrogens with zero attached hydrogens (tertiary/aromatic N) is 3. The molecule has 0 spiro atoms. The van der Waals surface area contributed by atoms with Crippen LogP contribution in [0.2, 0.25) is 0 Å². The first-order valence-corrected chi connectivity index (χ1v) is 5.70. The van der Waals surface area contributed by atoms with Crippen LogP contribution in [-0.2, 0) is 0 Å². The highest BCUT2D eigenvalue weighted by Gasteiger charge is 2.18. The van der Waals surface area contributed by atoms with Crippen LogP contribution in [0.15, 0.2) is 29.4 Å². The molecule has 0 fully saturated rings. The minimum absolute atomic E-state index is 0.0416. The molecule has 0 radical (unpaired) electrons. The molecule has 3 aromatic rings. The van der Waals surface area contributed by atoms with E-state index in [0.29, 0.717) is 11.5 Å². The van der Waals surface area contributed by atoms with Crippen LogP contribution in [0.25, 0.3) is 16.7 Å². The summed E-state index contributed by atoms with van der Waals surface area (Å²) in [6.45, 7) is 3.77. The maximum absolute atomic E-state index is 11.0. The van der Waals surface area contributed by atoms with E-state index in [4.69, 9.17) is 4.74 Å². The number of benzene rings is 1. The molecule has 1 aromatic carbocycles. The van der Waals surface area contributed by atoms with Crippen LogP contribution in [0.5, 0.6) is 5.88 Å². The quantitative estimate of drug-likeness (QED) is 0.720. The standard InChI is InChI=1S/C12H12N4O2/c1-7(2)18-12-10(15-17)11-13-8-5-3-4-6-9(8)16(11)14-12/h3-7,14H,1-2H3. The predicted molar refractivity (Wildman–Crippen MR) is 68.3 cm³/mol. The Morgan fingerprint density at radius 1 is 1.39 bits per heavy atom. The van der Waals surface area contributed by atoms with Gasteiger partial charge in [-0.1, -0.05) is 12.1 Å². The van der Waals surface area contributed by atoms with E-state index in [1.54, 1.807) is 4.52 Å². The van der Waals surface area contributed by atoms with Gasteiger partial charge in [0, 0.05) is 0 Å². The van der Waals surface area contributed by atoms with E-state index in [1.807, 2.05) is 38.1 Å². The molecule has 0 aliphatic heterocycles. The van der Waals surface area contributed by atoms with E-state index in [1.165, 1.54) is 0 Å². The SMILES string of the molecule is CC(C)Oc1[nH]n2c(nc3ccccc32)c1N=O. The highest BCUT2D eigenvalue weighted by molar-refractivity contribution is 5.85. The average molecular weight is 244 g/mol. The lowest BCUT2D eigenvalue weighted by Gasteiger charge is -2.06. The fourth-order valence-electron chi connectivity index (χ4n) is 1.95. The number of hydrogen-bond acceptors (Lipinski definition) is 4. The molecule has 0 saturated carbocycles. The molecule has 0 aliphatic carbocycles. The lowest BCUT2D eigenvalue weighted by molar-refractivity contribution is 0.233. The van der Waals surface area contributed by atoms with Crippen LogP contribution in [0.1, 0.15) is 13.8 Å². The second-order valence-electron chi connectivity index (χ2n) is 4.31. The van der Waals surface area contributed by atoms with Crippen LogP contribution >= 0.6 is 0 Å². The Hall–Kier alpha value is -2.37. The number of nitrogens with one attached hydrogen (secondary N) is 1. The van der Waals surface area contributed by atoms with Gasteiger partial charge in [0.2, 0.25) is 11.6 Å². The van der Waals surface area contributed by atoms with Gasteiger partial charge in [-0.3, -0.25) is 5.10 Å². The number of aromatic nitrogens is 3. The van der Waals surface area contributed by atoms with Crippen LogP contribution < -0.4 is 4.74 Å². The van der Waals surface area contributed by atoms with Crippen LogP contribution in [-0.4, -0.2) is 20.7 Å². The molecule has 18 heavy (non-hydrogen) atoms. The van der Waals surface area contributed by atoms with Crippen molar-refractivity contribution in [3.8, 4) is 5.88 Å². The lowest BCUT2D eigenvalue weighted by Crippen LogP contribution is -2.06. The third kappa shape index (κ3) is 1.46. The van der Waals surface area contributed by atoms with Crippen molar-refractivity contribution in [3.05, 3.63) is 29.2 Å². The van der Waals surface area contributed by atoms with Crippen LogP contribution in [0.3, 0.4) is 0 Å². The van der Waals surface area contributed by atoms with Crippen molar-refractivity contribution in [1.29, 1.82) is 0 Å². The van der Waals surface area contributed by atoms with Crippen molar-refractivity contribution in [2.45, 2.75) is 20.0 Å². The summed E-state index contributed by atoms with van der Waals surface area (Å²) in [6.07, 6.45) is -0.0416. The van der Waals surface area contributed by atoms with E-state index in [0.717, 1.165) is 11.0 Å². The number of nitroso groups, excluding NO2 is 1. The fraction of sp³-hybridized carbons (Fsp3) is 0.250. The topological polar surface area (TPSA) is 71.8 Å². The maximum atomic E-state index is 11.0. The lowest BCUT2D eigenvalue weighted by atomic mass is 10.3. The summed E-state index contributed by atoms with van der Waals surface area (Å²) in [5.41, 5.74) is 2.39. The molecule has 0 amide bonds. The highest BCUT2D eigenvalue weighted by atomic mass is 16.5. The van der Waals surface area contributed by atoms with E-state index in [-0.39, 0.29) is 11.8 Å². The minimum Gasteiger partial charge on any atom is -0.474 e. The van der Waals surface area contributed by atoms with Crippen molar-refractivity contribution in [1.82, 2.24) is 14.6 Å². The number of fused-ring (bicyclic) bond motifs is 3. The summed E-state index contributed by atoms with van der Waals surface area (Å²) in [5, 5.41) is 6.03. The largest absolute Gasteiger partial charge is 0.474 e. The van der Waals surface area contributed by atoms with Crippen molar-refractivity contribution in [2.24, 2.45) is 5.18 Å². The van der Waals surface area contributed by atoms with Crippen molar-refractivity contribution in [2.75, 3.05) is 0 Å².